The number of H-pyrrole nitrogens is 1. The van der Waals surface area contributed by atoms with E-state index in [2.05, 4.69) is 27.0 Å². The first-order valence-electron chi connectivity index (χ1n) is 9.17. The summed E-state index contributed by atoms with van der Waals surface area (Å²) in [5, 5.41) is 2.77. The van der Waals surface area contributed by atoms with Crippen LogP contribution >= 0.6 is 0 Å². The molecule has 0 saturated carbocycles. The maximum atomic E-state index is 12.1. The molecule has 3 rings (SSSR count). The lowest BCUT2D eigenvalue weighted by Gasteiger charge is -2.34. The van der Waals surface area contributed by atoms with Crippen molar-refractivity contribution in [3.63, 3.8) is 0 Å². The van der Waals surface area contributed by atoms with E-state index >= 15 is 0 Å². The van der Waals surface area contributed by atoms with E-state index in [1.165, 1.54) is 17.8 Å². The molecule has 0 unspecified atom stereocenters. The van der Waals surface area contributed by atoms with Gasteiger partial charge in [-0.3, -0.25) is 24.0 Å². The number of aromatic amines is 1. The van der Waals surface area contributed by atoms with Gasteiger partial charge < -0.3 is 10.2 Å². The molecule has 1 aromatic heterocycles. The fraction of sp³-hybridized carbons (Fsp3) is 0.421. The van der Waals surface area contributed by atoms with E-state index in [1.54, 1.807) is 0 Å². The number of nitrogens with one attached hydrogen (secondary N) is 2. The van der Waals surface area contributed by atoms with Crippen molar-refractivity contribution in [2.45, 2.75) is 20.0 Å². The number of carbonyl (C=O) groups is 1. The first-order chi connectivity index (χ1) is 13.0. The van der Waals surface area contributed by atoms with Crippen LogP contribution < -0.4 is 16.6 Å². The van der Waals surface area contributed by atoms with E-state index in [4.69, 9.17) is 0 Å². The van der Waals surface area contributed by atoms with Crippen molar-refractivity contribution in [3.05, 3.63) is 62.9 Å². The summed E-state index contributed by atoms with van der Waals surface area (Å²) in [6.45, 7) is 8.39. The second kappa shape index (κ2) is 8.79. The Bertz CT molecular complexity index is 879. The maximum absolute atomic E-state index is 12.1. The van der Waals surface area contributed by atoms with Crippen molar-refractivity contribution in [2.24, 2.45) is 0 Å². The van der Waals surface area contributed by atoms with Crippen LogP contribution in [0.2, 0.25) is 0 Å². The minimum absolute atomic E-state index is 0.154. The molecule has 2 aromatic rings. The fourth-order valence-corrected chi connectivity index (χ4v) is 3.14. The molecule has 0 radical (unpaired) electrons. The quantitative estimate of drug-likeness (QED) is 0.763. The van der Waals surface area contributed by atoms with Gasteiger partial charge in [0, 0.05) is 50.7 Å². The molecule has 8 nitrogen and oxygen atoms in total. The van der Waals surface area contributed by atoms with E-state index in [1.807, 2.05) is 24.3 Å². The van der Waals surface area contributed by atoms with Crippen LogP contribution in [0.3, 0.4) is 0 Å². The first kappa shape index (κ1) is 19.1. The summed E-state index contributed by atoms with van der Waals surface area (Å²) in [5.41, 5.74) is 0.798. The molecular formula is C19H25N5O3. The van der Waals surface area contributed by atoms with Crippen molar-refractivity contribution < 1.29 is 4.79 Å². The molecule has 144 valence electrons. The molecule has 0 atom stereocenters. The van der Waals surface area contributed by atoms with Crippen LogP contribution in [0.4, 0.5) is 5.69 Å². The maximum Gasteiger partial charge on any atom is 0.328 e. The van der Waals surface area contributed by atoms with Gasteiger partial charge >= 0.3 is 5.69 Å². The third-order valence-corrected chi connectivity index (χ3v) is 4.77. The normalized spacial score (nSPS) is 15.6. The smallest absolute Gasteiger partial charge is 0.325 e. The SMILES string of the molecule is CCN1CCN(Cc2ccc(NC(=O)Cn3ccc(=O)[nH]c3=O)cc2)CC1. The summed E-state index contributed by atoms with van der Waals surface area (Å²) < 4.78 is 1.15. The summed E-state index contributed by atoms with van der Waals surface area (Å²) in [6, 6.07) is 8.96. The van der Waals surface area contributed by atoms with E-state index in [0.717, 1.165) is 43.8 Å². The highest BCUT2D eigenvalue weighted by atomic mass is 16.2. The highest BCUT2D eigenvalue weighted by molar-refractivity contribution is 5.90. The van der Waals surface area contributed by atoms with E-state index in [0.29, 0.717) is 5.69 Å². The molecule has 2 N–H and O–H groups in total. The standard InChI is InChI=1S/C19H25N5O3/c1-2-22-9-11-23(12-10-22)13-15-3-5-16(6-4-15)20-18(26)14-24-8-7-17(25)21-19(24)27/h3-8H,2,9-14H2,1H3,(H,20,26)(H,21,25,27). The van der Waals surface area contributed by atoms with Crippen molar-refractivity contribution in [2.75, 3.05) is 38.0 Å². The number of hydrogen-bond donors (Lipinski definition) is 2. The number of amides is 1. The average molecular weight is 371 g/mol. The summed E-state index contributed by atoms with van der Waals surface area (Å²) in [7, 11) is 0. The largest absolute Gasteiger partial charge is 0.328 e. The Kier molecular flexibility index (Phi) is 6.20. The number of anilines is 1. The van der Waals surface area contributed by atoms with Crippen LogP contribution in [0.25, 0.3) is 0 Å². The van der Waals surface area contributed by atoms with E-state index < -0.39 is 11.2 Å². The molecule has 1 aliphatic heterocycles. The zero-order valence-electron chi connectivity index (χ0n) is 15.5. The number of carbonyl (C=O) groups excluding carboxylic acids is 1. The second-order valence-electron chi connectivity index (χ2n) is 6.69. The lowest BCUT2D eigenvalue weighted by atomic mass is 10.1. The van der Waals surface area contributed by atoms with Crippen molar-refractivity contribution in [1.29, 1.82) is 0 Å². The molecule has 1 aromatic carbocycles. The Balaban J connectivity index is 1.52. The molecule has 2 heterocycles. The van der Waals surface area contributed by atoms with Crippen LogP contribution in [-0.4, -0.2) is 58.0 Å². The van der Waals surface area contributed by atoms with Gasteiger partial charge in [-0.05, 0) is 24.2 Å². The van der Waals surface area contributed by atoms with Crippen LogP contribution in [0.1, 0.15) is 12.5 Å². The highest BCUT2D eigenvalue weighted by Crippen LogP contribution is 2.13. The Labute approximate surface area is 157 Å². The molecule has 8 heteroatoms. The van der Waals surface area contributed by atoms with Crippen LogP contribution in [0.5, 0.6) is 0 Å². The topological polar surface area (TPSA) is 90.4 Å². The van der Waals surface area contributed by atoms with Gasteiger partial charge in [0.1, 0.15) is 6.54 Å². The molecule has 0 spiro atoms. The van der Waals surface area contributed by atoms with Gasteiger partial charge in [0.25, 0.3) is 5.56 Å². The molecule has 1 saturated heterocycles. The summed E-state index contributed by atoms with van der Waals surface area (Å²) >= 11 is 0. The van der Waals surface area contributed by atoms with Crippen LogP contribution in [-0.2, 0) is 17.9 Å². The monoisotopic (exact) mass is 371 g/mol. The van der Waals surface area contributed by atoms with Crippen molar-refractivity contribution >= 4 is 11.6 Å². The fourth-order valence-electron chi connectivity index (χ4n) is 3.14. The Morgan fingerprint density at radius 2 is 1.70 bits per heavy atom. The molecule has 27 heavy (non-hydrogen) atoms. The van der Waals surface area contributed by atoms with E-state index in [-0.39, 0.29) is 12.5 Å². The predicted octanol–water partition coefficient (Wildman–Crippen LogP) is 0.313. The highest BCUT2D eigenvalue weighted by Gasteiger charge is 2.15. The summed E-state index contributed by atoms with van der Waals surface area (Å²) in [6.07, 6.45) is 1.31. The third-order valence-electron chi connectivity index (χ3n) is 4.77. The Hall–Kier alpha value is -2.71. The number of benzene rings is 1. The number of nitrogens with zero attached hydrogens (tertiary/aromatic N) is 3. The Morgan fingerprint density at radius 3 is 2.33 bits per heavy atom. The molecular weight excluding hydrogens is 346 g/mol. The summed E-state index contributed by atoms with van der Waals surface area (Å²) in [4.78, 5) is 41.8. The predicted molar refractivity (Wildman–Crippen MR) is 104 cm³/mol. The lowest BCUT2D eigenvalue weighted by Crippen LogP contribution is -2.45. The number of rotatable bonds is 6. The lowest BCUT2D eigenvalue weighted by molar-refractivity contribution is -0.116. The van der Waals surface area contributed by atoms with Gasteiger partial charge in [-0.2, -0.15) is 0 Å². The zero-order chi connectivity index (χ0) is 19.2. The van der Waals surface area contributed by atoms with Gasteiger partial charge in [-0.15, -0.1) is 0 Å². The minimum Gasteiger partial charge on any atom is -0.325 e. The van der Waals surface area contributed by atoms with Gasteiger partial charge in [0.05, 0.1) is 0 Å². The van der Waals surface area contributed by atoms with Crippen molar-refractivity contribution in [3.8, 4) is 0 Å². The van der Waals surface area contributed by atoms with Gasteiger partial charge in [0.15, 0.2) is 0 Å². The zero-order valence-corrected chi connectivity index (χ0v) is 15.5. The molecule has 0 aliphatic carbocycles. The second-order valence-corrected chi connectivity index (χ2v) is 6.69. The molecule has 0 bridgehead atoms. The van der Waals surface area contributed by atoms with Gasteiger partial charge in [0.2, 0.25) is 5.91 Å². The van der Waals surface area contributed by atoms with E-state index in [9.17, 15) is 14.4 Å². The number of piperazine rings is 1. The number of aromatic nitrogens is 2. The number of likely N-dealkylation sites (N-methyl/N-ethyl adjacent to an activating group) is 1. The van der Waals surface area contributed by atoms with Crippen LogP contribution in [0, 0.1) is 0 Å². The average Bonchev–Trinajstić information content (AvgIpc) is 2.66. The molecule has 1 aliphatic rings. The summed E-state index contributed by atoms with van der Waals surface area (Å²) in [5.74, 6) is -0.326. The Morgan fingerprint density at radius 1 is 1.04 bits per heavy atom. The van der Waals surface area contributed by atoms with Gasteiger partial charge in [-0.25, -0.2) is 4.79 Å². The molecule has 1 amide bonds. The number of hydrogen-bond acceptors (Lipinski definition) is 5. The molecule has 1 fully saturated rings. The first-order valence-corrected chi connectivity index (χ1v) is 9.17. The van der Waals surface area contributed by atoms with Crippen molar-refractivity contribution in [1.82, 2.24) is 19.4 Å². The third kappa shape index (κ3) is 5.38. The van der Waals surface area contributed by atoms with Crippen LogP contribution in [0.15, 0.2) is 46.1 Å². The minimum atomic E-state index is -0.601. The van der Waals surface area contributed by atoms with Gasteiger partial charge in [-0.1, -0.05) is 19.1 Å².